The summed E-state index contributed by atoms with van der Waals surface area (Å²) in [6.45, 7) is 1.77. The zero-order valence-corrected chi connectivity index (χ0v) is 15.0. The number of halogens is 1. The normalized spacial score (nSPS) is 10.9. The van der Waals surface area contributed by atoms with E-state index in [2.05, 4.69) is 20.5 Å². The van der Waals surface area contributed by atoms with Gasteiger partial charge in [-0.2, -0.15) is 0 Å². The van der Waals surface area contributed by atoms with Crippen LogP contribution in [0, 0.1) is 0 Å². The third-order valence-electron chi connectivity index (χ3n) is 3.20. The van der Waals surface area contributed by atoms with E-state index in [9.17, 15) is 9.59 Å². The first-order valence-electron chi connectivity index (χ1n) is 7.13. The van der Waals surface area contributed by atoms with Gasteiger partial charge in [-0.05, 0) is 12.1 Å². The summed E-state index contributed by atoms with van der Waals surface area (Å²) < 4.78 is 0.710. The molecule has 2 heterocycles. The van der Waals surface area contributed by atoms with Crippen LogP contribution in [0.4, 0.5) is 5.13 Å². The molecule has 0 saturated heterocycles. The van der Waals surface area contributed by atoms with Gasteiger partial charge in [0.2, 0.25) is 11.0 Å². The molecule has 0 fully saturated rings. The SMILES string of the molecule is CCC(=O)Nc1nnc(SCc2cc(=O)c3cccc(Cl)c3[nH]2)s1. The number of rotatable bonds is 5. The maximum Gasteiger partial charge on any atom is 0.225 e. The topological polar surface area (TPSA) is 87.7 Å². The highest BCUT2D eigenvalue weighted by Crippen LogP contribution is 2.28. The van der Waals surface area contributed by atoms with Crippen molar-refractivity contribution in [3.05, 3.63) is 45.2 Å². The first-order chi connectivity index (χ1) is 11.6. The first kappa shape index (κ1) is 16.9. The highest BCUT2D eigenvalue weighted by atomic mass is 35.5. The van der Waals surface area contributed by atoms with E-state index in [0.717, 1.165) is 5.69 Å². The third kappa shape index (κ3) is 3.77. The van der Waals surface area contributed by atoms with Crippen LogP contribution < -0.4 is 10.7 Å². The quantitative estimate of drug-likeness (QED) is 0.520. The van der Waals surface area contributed by atoms with Crippen LogP contribution in [0.5, 0.6) is 0 Å². The summed E-state index contributed by atoms with van der Waals surface area (Å²) in [7, 11) is 0. The Bertz CT molecular complexity index is 954. The number of thioether (sulfide) groups is 1. The molecule has 1 aromatic carbocycles. The molecule has 0 bridgehead atoms. The van der Waals surface area contributed by atoms with Gasteiger partial charge < -0.3 is 10.3 Å². The van der Waals surface area contributed by atoms with Gasteiger partial charge in [-0.15, -0.1) is 10.2 Å². The fourth-order valence-electron chi connectivity index (χ4n) is 2.03. The number of hydrogen-bond acceptors (Lipinski definition) is 6. The number of fused-ring (bicyclic) bond motifs is 1. The Kier molecular flexibility index (Phi) is 5.17. The number of H-pyrrole nitrogens is 1. The fraction of sp³-hybridized carbons (Fsp3) is 0.200. The predicted octanol–water partition coefficient (Wildman–Crippen LogP) is 3.67. The molecule has 2 aromatic heterocycles. The number of carbonyl (C=O) groups excluding carboxylic acids is 1. The van der Waals surface area contributed by atoms with Crippen LogP contribution in [0.15, 0.2) is 33.4 Å². The largest absolute Gasteiger partial charge is 0.356 e. The Morgan fingerprint density at radius 1 is 1.42 bits per heavy atom. The zero-order valence-electron chi connectivity index (χ0n) is 12.6. The number of hydrogen-bond donors (Lipinski definition) is 2. The van der Waals surface area contributed by atoms with E-state index in [1.54, 1.807) is 31.2 Å². The van der Waals surface area contributed by atoms with Crippen LogP contribution in [-0.4, -0.2) is 21.1 Å². The molecule has 3 aromatic rings. The van der Waals surface area contributed by atoms with Crippen molar-refractivity contribution < 1.29 is 4.79 Å². The molecular weight excluding hydrogens is 368 g/mol. The van der Waals surface area contributed by atoms with Crippen molar-refractivity contribution in [1.82, 2.24) is 15.2 Å². The highest BCUT2D eigenvalue weighted by molar-refractivity contribution is 8.00. The fourth-order valence-corrected chi connectivity index (χ4v) is 3.93. The van der Waals surface area contributed by atoms with Crippen molar-refractivity contribution in [2.75, 3.05) is 5.32 Å². The third-order valence-corrected chi connectivity index (χ3v) is 5.53. The Hall–Kier alpha value is -1.90. The monoisotopic (exact) mass is 380 g/mol. The lowest BCUT2D eigenvalue weighted by Crippen LogP contribution is -2.08. The summed E-state index contributed by atoms with van der Waals surface area (Å²) in [6.07, 6.45) is 0.390. The van der Waals surface area contributed by atoms with Crippen molar-refractivity contribution in [3.63, 3.8) is 0 Å². The summed E-state index contributed by atoms with van der Waals surface area (Å²) in [5, 5.41) is 12.2. The number of anilines is 1. The molecule has 0 aliphatic rings. The molecule has 0 atom stereocenters. The summed E-state index contributed by atoms with van der Waals surface area (Å²) in [6, 6.07) is 6.79. The smallest absolute Gasteiger partial charge is 0.225 e. The zero-order chi connectivity index (χ0) is 17.1. The highest BCUT2D eigenvalue weighted by Gasteiger charge is 2.09. The van der Waals surface area contributed by atoms with Crippen molar-refractivity contribution in [2.24, 2.45) is 0 Å². The van der Waals surface area contributed by atoms with Crippen LogP contribution in [0.3, 0.4) is 0 Å². The first-order valence-corrected chi connectivity index (χ1v) is 9.31. The van der Waals surface area contributed by atoms with Crippen LogP contribution in [-0.2, 0) is 10.5 Å². The lowest BCUT2D eigenvalue weighted by Gasteiger charge is -2.04. The second-order valence-electron chi connectivity index (χ2n) is 4.88. The Morgan fingerprint density at radius 3 is 3.04 bits per heavy atom. The lowest BCUT2D eigenvalue weighted by molar-refractivity contribution is -0.115. The van der Waals surface area contributed by atoms with E-state index < -0.39 is 0 Å². The summed E-state index contributed by atoms with van der Waals surface area (Å²) >= 11 is 8.88. The molecule has 0 saturated carbocycles. The van der Waals surface area contributed by atoms with Crippen molar-refractivity contribution in [2.45, 2.75) is 23.4 Å². The number of nitrogens with zero attached hydrogens (tertiary/aromatic N) is 2. The molecule has 9 heteroatoms. The number of nitrogens with one attached hydrogen (secondary N) is 2. The van der Waals surface area contributed by atoms with Gasteiger partial charge in [-0.3, -0.25) is 9.59 Å². The number of para-hydroxylation sites is 1. The minimum atomic E-state index is -0.101. The van der Waals surface area contributed by atoms with Gasteiger partial charge >= 0.3 is 0 Å². The molecular formula is C15H13ClN4O2S2. The second kappa shape index (κ2) is 7.33. The molecule has 0 unspecified atom stereocenters. The van der Waals surface area contributed by atoms with Crippen molar-refractivity contribution in [3.8, 4) is 0 Å². The van der Waals surface area contributed by atoms with Gasteiger partial charge in [0.25, 0.3) is 0 Å². The molecule has 6 nitrogen and oxygen atoms in total. The molecule has 0 radical (unpaired) electrons. The molecule has 1 amide bonds. The number of carbonyl (C=O) groups is 1. The van der Waals surface area contributed by atoms with Gasteiger partial charge in [0.05, 0.1) is 10.5 Å². The Balaban J connectivity index is 1.75. The van der Waals surface area contributed by atoms with Crippen LogP contribution in [0.1, 0.15) is 19.0 Å². The van der Waals surface area contributed by atoms with Gasteiger partial charge in [0.15, 0.2) is 9.77 Å². The van der Waals surface area contributed by atoms with Crippen LogP contribution in [0.25, 0.3) is 10.9 Å². The molecule has 3 rings (SSSR count). The predicted molar refractivity (Wildman–Crippen MR) is 98.0 cm³/mol. The summed E-state index contributed by atoms with van der Waals surface area (Å²) in [5.74, 6) is 0.420. The van der Waals surface area contributed by atoms with E-state index >= 15 is 0 Å². The van der Waals surface area contributed by atoms with Gasteiger partial charge in [-0.25, -0.2) is 0 Å². The van der Waals surface area contributed by atoms with E-state index in [-0.39, 0.29) is 11.3 Å². The lowest BCUT2D eigenvalue weighted by atomic mass is 10.2. The van der Waals surface area contributed by atoms with Crippen molar-refractivity contribution >= 4 is 56.6 Å². The maximum absolute atomic E-state index is 12.2. The number of aromatic amines is 1. The van der Waals surface area contributed by atoms with Gasteiger partial charge in [-0.1, -0.05) is 47.7 Å². The Labute approximate surface area is 150 Å². The van der Waals surface area contributed by atoms with Gasteiger partial charge in [0, 0.05) is 29.3 Å². The maximum atomic E-state index is 12.2. The average Bonchev–Trinajstić information content (AvgIpc) is 3.01. The standard InChI is InChI=1S/C15H13ClN4O2S2/c1-2-12(22)18-14-19-20-15(24-14)23-7-8-6-11(21)9-4-3-5-10(16)13(9)17-8/h3-6H,2,7H2,1H3,(H,17,21)(H,18,19,22). The van der Waals surface area contributed by atoms with E-state index in [1.165, 1.54) is 23.1 Å². The summed E-state index contributed by atoms with van der Waals surface area (Å²) in [5.41, 5.74) is 1.31. The van der Waals surface area contributed by atoms with E-state index in [0.29, 0.717) is 37.6 Å². The van der Waals surface area contributed by atoms with Crippen LogP contribution in [0.2, 0.25) is 5.02 Å². The molecule has 0 aliphatic heterocycles. The minimum Gasteiger partial charge on any atom is -0.356 e. The van der Waals surface area contributed by atoms with Crippen LogP contribution >= 0.6 is 34.7 Å². The van der Waals surface area contributed by atoms with E-state index in [1.807, 2.05) is 0 Å². The Morgan fingerprint density at radius 2 is 2.25 bits per heavy atom. The number of aromatic nitrogens is 3. The average molecular weight is 381 g/mol. The second-order valence-corrected chi connectivity index (χ2v) is 7.49. The van der Waals surface area contributed by atoms with E-state index in [4.69, 9.17) is 11.6 Å². The number of pyridine rings is 1. The van der Waals surface area contributed by atoms with Gasteiger partial charge in [0.1, 0.15) is 0 Å². The van der Waals surface area contributed by atoms with Crippen molar-refractivity contribution in [1.29, 1.82) is 0 Å². The number of amides is 1. The molecule has 124 valence electrons. The summed E-state index contributed by atoms with van der Waals surface area (Å²) in [4.78, 5) is 26.7. The molecule has 0 spiro atoms. The molecule has 24 heavy (non-hydrogen) atoms. The molecule has 0 aliphatic carbocycles. The molecule has 2 N–H and O–H groups in total. The number of benzene rings is 1. The minimum absolute atomic E-state index is 0.0741.